The summed E-state index contributed by atoms with van der Waals surface area (Å²) in [5.74, 6) is -1.09. The first-order valence-electron chi connectivity index (χ1n) is 5.52. The van der Waals surface area contributed by atoms with Crippen molar-refractivity contribution in [2.24, 2.45) is 0 Å². The van der Waals surface area contributed by atoms with Crippen LogP contribution in [0.15, 0.2) is 11.6 Å². The Morgan fingerprint density at radius 3 is 1.38 bits per heavy atom. The molecule has 0 aliphatic rings. The Morgan fingerprint density at radius 2 is 1.31 bits per heavy atom. The van der Waals surface area contributed by atoms with Gasteiger partial charge in [0.15, 0.2) is 0 Å². The molecule has 0 saturated carbocycles. The second-order valence-corrected chi connectivity index (χ2v) is 2.83. The molecule has 0 amide bonds. The highest BCUT2D eigenvalue weighted by atomic mass is 35.5. The van der Waals surface area contributed by atoms with Crippen molar-refractivity contribution < 1.29 is 33.8 Å². The first-order valence-corrected chi connectivity index (χ1v) is 5.52. The minimum absolute atomic E-state index is 0. The minimum atomic E-state index is -1.09. The Labute approximate surface area is 105 Å². The molecule has 0 saturated heterocycles. The summed E-state index contributed by atoms with van der Waals surface area (Å²) < 4.78 is 0. The van der Waals surface area contributed by atoms with Crippen molar-refractivity contribution in [3.63, 3.8) is 0 Å². The molecule has 16 heavy (non-hydrogen) atoms. The zero-order chi connectivity index (χ0) is 12.7. The van der Waals surface area contributed by atoms with Crippen molar-refractivity contribution in [1.29, 1.82) is 0 Å². The SMILES string of the molecule is CCC(=CC(=O)[O-])CC.CC[NH3+].CC[NH3+].[Cl-]. The van der Waals surface area contributed by atoms with Crippen molar-refractivity contribution >= 4 is 5.97 Å². The quantitative estimate of drug-likeness (QED) is 0.502. The van der Waals surface area contributed by atoms with Crippen LogP contribution in [0.4, 0.5) is 0 Å². The molecule has 0 aliphatic heterocycles. The number of aliphatic carboxylic acids is 1. The largest absolute Gasteiger partial charge is 1.00 e. The van der Waals surface area contributed by atoms with Crippen molar-refractivity contribution in [2.75, 3.05) is 13.1 Å². The lowest BCUT2D eigenvalue weighted by Gasteiger charge is -1.99. The molecule has 0 spiro atoms. The van der Waals surface area contributed by atoms with Crippen molar-refractivity contribution in [3.05, 3.63) is 11.6 Å². The van der Waals surface area contributed by atoms with Crippen LogP contribution in [0.5, 0.6) is 0 Å². The van der Waals surface area contributed by atoms with E-state index in [0.717, 1.165) is 31.5 Å². The molecule has 0 fully saturated rings. The van der Waals surface area contributed by atoms with Gasteiger partial charge in [0.2, 0.25) is 0 Å². The van der Waals surface area contributed by atoms with E-state index in [1.54, 1.807) is 0 Å². The summed E-state index contributed by atoms with van der Waals surface area (Å²) >= 11 is 0. The van der Waals surface area contributed by atoms with E-state index < -0.39 is 5.97 Å². The van der Waals surface area contributed by atoms with Crippen LogP contribution in [-0.4, -0.2) is 19.1 Å². The molecule has 0 atom stereocenters. The van der Waals surface area contributed by atoms with Crippen LogP contribution >= 0.6 is 0 Å². The second-order valence-electron chi connectivity index (χ2n) is 2.83. The normalized spacial score (nSPS) is 7.12. The van der Waals surface area contributed by atoms with Gasteiger partial charge in [-0.3, -0.25) is 0 Å². The lowest BCUT2D eigenvalue weighted by molar-refractivity contribution is -0.362. The maximum Gasteiger partial charge on any atom is 0.0711 e. The topological polar surface area (TPSA) is 95.4 Å². The van der Waals surface area contributed by atoms with Crippen LogP contribution in [0, 0.1) is 0 Å². The number of halogens is 1. The third-order valence-electron chi connectivity index (χ3n) is 1.23. The molecule has 4 nitrogen and oxygen atoms in total. The van der Waals surface area contributed by atoms with Crippen molar-refractivity contribution in [3.8, 4) is 0 Å². The number of quaternary nitrogens is 2. The standard InChI is InChI=1S/C7H12O2.2C2H7N.ClH/c1-3-6(4-2)5-7(8)9;2*1-2-3;/h5H,3-4H2,1-2H3,(H,8,9);2*2-3H2,1H3;1H. The zero-order valence-corrected chi connectivity index (χ0v) is 11.8. The van der Waals surface area contributed by atoms with E-state index in [1.807, 2.05) is 27.7 Å². The van der Waals surface area contributed by atoms with Crippen LogP contribution in [0.3, 0.4) is 0 Å². The number of rotatable bonds is 3. The van der Waals surface area contributed by atoms with Crippen LogP contribution in [0.1, 0.15) is 40.5 Å². The monoisotopic (exact) mass is 254 g/mol. The predicted octanol–water partition coefficient (Wildman–Crippen LogP) is -4.02. The molecule has 0 aliphatic carbocycles. The maximum absolute atomic E-state index is 9.94. The molecule has 0 radical (unpaired) electrons. The third-order valence-corrected chi connectivity index (χ3v) is 1.23. The summed E-state index contributed by atoms with van der Waals surface area (Å²) in [6, 6.07) is 0. The fraction of sp³-hybridized carbons (Fsp3) is 0.727. The summed E-state index contributed by atoms with van der Waals surface area (Å²) in [5.41, 5.74) is 7.90. The highest BCUT2D eigenvalue weighted by Gasteiger charge is 1.87. The van der Waals surface area contributed by atoms with Gasteiger partial charge in [0.1, 0.15) is 0 Å². The van der Waals surface area contributed by atoms with Crippen LogP contribution in [0.2, 0.25) is 0 Å². The molecular formula is C11H27ClN2O2. The number of carbonyl (C=O) groups is 1. The number of carboxylic acid groups (broad SMARTS) is 1. The Kier molecular flexibility index (Phi) is 36.8. The Morgan fingerprint density at radius 1 is 1.06 bits per heavy atom. The first-order chi connectivity index (χ1) is 7.03. The van der Waals surface area contributed by atoms with Gasteiger partial charge in [0.25, 0.3) is 0 Å². The van der Waals surface area contributed by atoms with E-state index in [-0.39, 0.29) is 12.4 Å². The molecule has 0 rings (SSSR count). The molecular weight excluding hydrogens is 228 g/mol. The summed E-state index contributed by atoms with van der Waals surface area (Å²) in [6.07, 6.45) is 2.76. The summed E-state index contributed by atoms with van der Waals surface area (Å²) in [5, 5.41) is 9.94. The van der Waals surface area contributed by atoms with E-state index in [4.69, 9.17) is 0 Å². The summed E-state index contributed by atoms with van der Waals surface area (Å²) in [4.78, 5) is 9.94. The summed E-state index contributed by atoms with van der Waals surface area (Å²) in [6.45, 7) is 9.89. The van der Waals surface area contributed by atoms with Gasteiger partial charge in [0.05, 0.1) is 19.1 Å². The van der Waals surface area contributed by atoms with Gasteiger partial charge in [-0.15, -0.1) is 0 Å². The lowest BCUT2D eigenvalue weighted by Crippen LogP contribution is -3.00. The average molecular weight is 255 g/mol. The molecule has 6 N–H and O–H groups in total. The van der Waals surface area contributed by atoms with Gasteiger partial charge in [-0.25, -0.2) is 0 Å². The summed E-state index contributed by atoms with van der Waals surface area (Å²) in [7, 11) is 0. The van der Waals surface area contributed by atoms with Crippen LogP contribution < -0.4 is 29.0 Å². The van der Waals surface area contributed by atoms with E-state index >= 15 is 0 Å². The highest BCUT2D eigenvalue weighted by Crippen LogP contribution is 2.03. The molecule has 5 heteroatoms. The van der Waals surface area contributed by atoms with Gasteiger partial charge < -0.3 is 33.8 Å². The fourth-order valence-corrected chi connectivity index (χ4v) is 0.621. The number of carbonyl (C=O) groups excluding carboxylic acids is 1. The van der Waals surface area contributed by atoms with Crippen LogP contribution in [-0.2, 0) is 4.79 Å². The van der Waals surface area contributed by atoms with Crippen molar-refractivity contribution in [1.82, 2.24) is 0 Å². The van der Waals surface area contributed by atoms with Gasteiger partial charge in [0, 0.05) is 0 Å². The maximum atomic E-state index is 9.94. The van der Waals surface area contributed by atoms with E-state index in [1.165, 1.54) is 6.08 Å². The first kappa shape index (κ1) is 24.6. The lowest BCUT2D eigenvalue weighted by atomic mass is 10.1. The molecule has 0 unspecified atom stereocenters. The minimum Gasteiger partial charge on any atom is -1.00 e. The zero-order valence-electron chi connectivity index (χ0n) is 11.0. The van der Waals surface area contributed by atoms with Gasteiger partial charge in [-0.05, 0) is 32.8 Å². The molecule has 0 aromatic rings. The predicted molar refractivity (Wildman–Crippen MR) is 60.5 cm³/mol. The number of allylic oxidation sites excluding steroid dienone is 1. The third kappa shape index (κ3) is 37.6. The van der Waals surface area contributed by atoms with Gasteiger partial charge >= 0.3 is 0 Å². The molecule has 100 valence electrons. The Hall–Kier alpha value is -0.580. The second kappa shape index (κ2) is 23.9. The molecule has 0 heterocycles. The smallest absolute Gasteiger partial charge is 0.0711 e. The fourth-order valence-electron chi connectivity index (χ4n) is 0.621. The number of hydrogen-bond donors (Lipinski definition) is 2. The van der Waals surface area contributed by atoms with E-state index in [2.05, 4.69) is 11.5 Å². The Balaban J connectivity index is -0.0000000870. The van der Waals surface area contributed by atoms with E-state index in [9.17, 15) is 9.90 Å². The Bertz CT molecular complexity index is 154. The number of carboxylic acids is 1. The average Bonchev–Trinajstić information content (AvgIpc) is 2.16. The highest BCUT2D eigenvalue weighted by molar-refractivity contribution is 5.78. The molecule has 0 aromatic carbocycles. The van der Waals surface area contributed by atoms with E-state index in [0.29, 0.717) is 0 Å². The van der Waals surface area contributed by atoms with Crippen molar-refractivity contribution in [2.45, 2.75) is 40.5 Å². The van der Waals surface area contributed by atoms with Gasteiger partial charge in [-0.2, -0.15) is 0 Å². The molecule has 0 aromatic heterocycles. The number of hydrogen-bond acceptors (Lipinski definition) is 2. The van der Waals surface area contributed by atoms with Gasteiger partial charge in [-0.1, -0.05) is 19.4 Å². The molecule has 0 bridgehead atoms. The van der Waals surface area contributed by atoms with Crippen LogP contribution in [0.25, 0.3) is 0 Å².